The van der Waals surface area contributed by atoms with Gasteiger partial charge >= 0.3 is 5.97 Å². The van der Waals surface area contributed by atoms with E-state index in [1.165, 1.54) is 18.5 Å². The monoisotopic (exact) mass is 604 g/mol. The van der Waals surface area contributed by atoms with E-state index in [-0.39, 0.29) is 12.2 Å². The van der Waals surface area contributed by atoms with Gasteiger partial charge < -0.3 is 4.74 Å². The van der Waals surface area contributed by atoms with Gasteiger partial charge in [0, 0.05) is 22.7 Å². The van der Waals surface area contributed by atoms with Gasteiger partial charge in [0.1, 0.15) is 17.7 Å². The van der Waals surface area contributed by atoms with E-state index in [0.29, 0.717) is 11.3 Å². The van der Waals surface area contributed by atoms with Crippen molar-refractivity contribution in [3.05, 3.63) is 174 Å². The quantitative estimate of drug-likeness (QED) is 0.129. The molecule has 0 aliphatic heterocycles. The van der Waals surface area contributed by atoms with E-state index in [4.69, 9.17) is 9.84 Å². The zero-order valence-electron chi connectivity index (χ0n) is 25.0. The average Bonchev–Trinajstić information content (AvgIpc) is 3.60. The molecular formula is C39H29FN4O2. The summed E-state index contributed by atoms with van der Waals surface area (Å²) in [6.45, 7) is 1.83. The summed E-state index contributed by atoms with van der Waals surface area (Å²) in [7, 11) is 0. The third-order valence-corrected chi connectivity index (χ3v) is 8.20. The van der Waals surface area contributed by atoms with Crippen LogP contribution in [0.15, 0.2) is 146 Å². The van der Waals surface area contributed by atoms with Crippen LogP contribution in [0.25, 0.3) is 33.3 Å². The van der Waals surface area contributed by atoms with E-state index in [1.54, 1.807) is 13.0 Å². The molecule has 0 saturated carbocycles. The van der Waals surface area contributed by atoms with Crippen molar-refractivity contribution in [2.75, 3.05) is 6.61 Å². The first kappa shape index (κ1) is 28.8. The van der Waals surface area contributed by atoms with Gasteiger partial charge in [-0.05, 0) is 59.5 Å². The maximum atomic E-state index is 14.6. The molecule has 0 spiro atoms. The molecule has 2 aromatic heterocycles. The highest BCUT2D eigenvalue weighted by atomic mass is 19.1. The molecule has 7 heteroatoms. The van der Waals surface area contributed by atoms with Crippen LogP contribution in [-0.4, -0.2) is 32.3 Å². The number of aromatic nitrogens is 4. The molecule has 0 radical (unpaired) electrons. The van der Waals surface area contributed by atoms with Crippen molar-refractivity contribution in [1.82, 2.24) is 19.7 Å². The number of fused-ring (bicyclic) bond motifs is 1. The highest BCUT2D eigenvalue weighted by Gasteiger charge is 2.39. The molecule has 0 bridgehead atoms. The fraction of sp³-hybridized carbons (Fsp3) is 0.0769. The van der Waals surface area contributed by atoms with Crippen molar-refractivity contribution in [3.63, 3.8) is 0 Å². The summed E-state index contributed by atoms with van der Waals surface area (Å²) in [4.78, 5) is 21.5. The summed E-state index contributed by atoms with van der Waals surface area (Å²) in [5, 5.41) is 5.76. The zero-order chi connectivity index (χ0) is 31.5. The lowest BCUT2D eigenvalue weighted by Crippen LogP contribution is -2.38. The van der Waals surface area contributed by atoms with Gasteiger partial charge in [0.25, 0.3) is 0 Å². The van der Waals surface area contributed by atoms with Crippen LogP contribution in [-0.2, 0) is 10.3 Å². The molecule has 0 N–H and O–H groups in total. The first-order chi connectivity index (χ1) is 22.6. The predicted octanol–water partition coefficient (Wildman–Crippen LogP) is 8.32. The highest BCUT2D eigenvalue weighted by Crippen LogP contribution is 2.41. The molecule has 5 aromatic carbocycles. The average molecular weight is 605 g/mol. The van der Waals surface area contributed by atoms with Crippen LogP contribution < -0.4 is 0 Å². The molecule has 0 aliphatic carbocycles. The minimum atomic E-state index is -0.745. The second-order valence-electron chi connectivity index (χ2n) is 10.9. The van der Waals surface area contributed by atoms with Crippen molar-refractivity contribution in [2.24, 2.45) is 0 Å². The van der Waals surface area contributed by atoms with Gasteiger partial charge in [0.15, 0.2) is 0 Å². The predicted molar refractivity (Wildman–Crippen MR) is 177 cm³/mol. The van der Waals surface area contributed by atoms with E-state index in [1.807, 2.05) is 83.7 Å². The van der Waals surface area contributed by atoms with Gasteiger partial charge in [-0.25, -0.2) is 19.2 Å². The van der Waals surface area contributed by atoms with Crippen LogP contribution in [0, 0.1) is 5.82 Å². The Morgan fingerprint density at radius 1 is 0.739 bits per heavy atom. The molecular weight excluding hydrogens is 575 g/mol. The molecule has 46 heavy (non-hydrogen) atoms. The molecule has 6 nitrogen and oxygen atoms in total. The number of carbonyl (C=O) groups is 1. The van der Waals surface area contributed by atoms with Gasteiger partial charge in [0.05, 0.1) is 29.6 Å². The summed E-state index contributed by atoms with van der Waals surface area (Å²) in [6, 6.07) is 41.4. The number of hydrogen-bond donors (Lipinski definition) is 0. The largest absolute Gasteiger partial charge is 0.462 e. The molecule has 7 rings (SSSR count). The van der Waals surface area contributed by atoms with E-state index < -0.39 is 17.3 Å². The first-order valence-corrected chi connectivity index (χ1v) is 15.0. The molecule has 2 heterocycles. The Hall–Kier alpha value is -5.95. The molecule has 224 valence electrons. The van der Waals surface area contributed by atoms with E-state index in [0.717, 1.165) is 38.7 Å². The fourth-order valence-electron chi connectivity index (χ4n) is 6.09. The molecule has 0 amide bonds. The lowest BCUT2D eigenvalue weighted by atomic mass is 9.77. The van der Waals surface area contributed by atoms with Crippen LogP contribution in [0.5, 0.6) is 0 Å². The highest BCUT2D eigenvalue weighted by molar-refractivity contribution is 5.97. The Balaban J connectivity index is 1.39. The van der Waals surface area contributed by atoms with E-state index >= 15 is 0 Å². The van der Waals surface area contributed by atoms with Crippen LogP contribution >= 0.6 is 0 Å². The van der Waals surface area contributed by atoms with Crippen LogP contribution in [0.4, 0.5) is 4.39 Å². The van der Waals surface area contributed by atoms with Gasteiger partial charge in [-0.2, -0.15) is 5.10 Å². The van der Waals surface area contributed by atoms with Crippen molar-refractivity contribution in [3.8, 4) is 22.4 Å². The number of hydrogen-bond acceptors (Lipinski definition) is 5. The number of esters is 1. The van der Waals surface area contributed by atoms with Gasteiger partial charge in [0.2, 0.25) is 0 Å². The molecule has 0 fully saturated rings. The topological polar surface area (TPSA) is 69.9 Å². The third-order valence-electron chi connectivity index (χ3n) is 8.20. The molecule has 0 saturated heterocycles. The van der Waals surface area contributed by atoms with Gasteiger partial charge in [-0.1, -0.05) is 97.1 Å². The smallest absolute Gasteiger partial charge is 0.341 e. The Labute approximate surface area is 265 Å². The third kappa shape index (κ3) is 5.02. The maximum absolute atomic E-state index is 14.6. The summed E-state index contributed by atoms with van der Waals surface area (Å²) >= 11 is 0. The minimum absolute atomic E-state index is 0.136. The van der Waals surface area contributed by atoms with Gasteiger partial charge in [-0.3, -0.25) is 4.68 Å². The second kappa shape index (κ2) is 12.2. The van der Waals surface area contributed by atoms with Crippen LogP contribution in [0.2, 0.25) is 0 Å². The van der Waals surface area contributed by atoms with Gasteiger partial charge in [-0.15, -0.1) is 0 Å². The summed E-state index contributed by atoms with van der Waals surface area (Å²) in [5.74, 6) is -1.36. The first-order valence-electron chi connectivity index (χ1n) is 15.0. The van der Waals surface area contributed by atoms with E-state index in [2.05, 4.69) is 52.6 Å². The molecule has 0 aliphatic rings. The second-order valence-corrected chi connectivity index (χ2v) is 10.9. The standard InChI is InChI=1S/C39H29FN4O2/c1-2-46-38(45)33-23-28(18-20-35(33)40)37-34-22-27(19-21-36(34)41-26-42-37)29-24-43-44(25-29)39(30-12-6-3-7-13-30,31-14-8-4-9-15-31)32-16-10-5-11-17-32/h3-26H,2H2,1H3. The Kier molecular flexibility index (Phi) is 7.64. The Morgan fingerprint density at radius 3 is 1.96 bits per heavy atom. The number of nitrogens with zero attached hydrogens (tertiary/aromatic N) is 4. The van der Waals surface area contributed by atoms with Crippen molar-refractivity contribution in [2.45, 2.75) is 12.5 Å². The molecule has 7 aromatic rings. The Bertz CT molecular complexity index is 2050. The summed E-state index contributed by atoms with van der Waals surface area (Å²) in [5.41, 5.74) is 6.03. The van der Waals surface area contributed by atoms with Crippen LogP contribution in [0.3, 0.4) is 0 Å². The number of carbonyl (C=O) groups excluding carboxylic acids is 1. The zero-order valence-corrected chi connectivity index (χ0v) is 25.0. The lowest BCUT2D eigenvalue weighted by Gasteiger charge is -2.36. The van der Waals surface area contributed by atoms with E-state index in [9.17, 15) is 9.18 Å². The van der Waals surface area contributed by atoms with Crippen molar-refractivity contribution >= 4 is 16.9 Å². The van der Waals surface area contributed by atoms with Crippen molar-refractivity contribution in [1.29, 1.82) is 0 Å². The normalized spacial score (nSPS) is 11.4. The summed E-state index contributed by atoms with van der Waals surface area (Å²) in [6.07, 6.45) is 5.40. The number of ether oxygens (including phenoxy) is 1. The van der Waals surface area contributed by atoms with Crippen LogP contribution in [0.1, 0.15) is 34.0 Å². The molecule has 0 atom stereocenters. The number of rotatable bonds is 8. The maximum Gasteiger partial charge on any atom is 0.341 e. The Morgan fingerprint density at radius 2 is 1.35 bits per heavy atom. The number of benzene rings is 5. The van der Waals surface area contributed by atoms with Crippen molar-refractivity contribution < 1.29 is 13.9 Å². The SMILES string of the molecule is CCOC(=O)c1cc(-c2ncnc3ccc(-c4cnn(C(c5ccccc5)(c5ccccc5)c5ccccc5)c4)cc23)ccc1F. The number of halogens is 1. The minimum Gasteiger partial charge on any atom is -0.462 e. The summed E-state index contributed by atoms with van der Waals surface area (Å²) < 4.78 is 21.7. The molecule has 0 unspecified atom stereocenters. The fourth-order valence-corrected chi connectivity index (χ4v) is 6.09. The lowest BCUT2D eigenvalue weighted by molar-refractivity contribution is 0.0521.